The summed E-state index contributed by atoms with van der Waals surface area (Å²) >= 11 is 6.54. The highest BCUT2D eigenvalue weighted by molar-refractivity contribution is 8.07. The van der Waals surface area contributed by atoms with Crippen LogP contribution in [0.1, 0.15) is 38.5 Å². The zero-order valence-electron chi connectivity index (χ0n) is 12.5. The van der Waals surface area contributed by atoms with E-state index in [0.29, 0.717) is 35.5 Å². The third-order valence-corrected chi connectivity index (χ3v) is 5.66. The summed E-state index contributed by atoms with van der Waals surface area (Å²) in [5.74, 6) is 0.374. The SMILES string of the molecule is CCCCOc1cc(OP(=S)(OCC)OCC)c(C#N)s1. The molecule has 0 aliphatic heterocycles. The minimum atomic E-state index is -2.87. The lowest BCUT2D eigenvalue weighted by atomic mass is 10.4. The molecule has 0 aliphatic rings. The van der Waals surface area contributed by atoms with E-state index in [1.165, 1.54) is 11.3 Å². The van der Waals surface area contributed by atoms with Crippen molar-refractivity contribution in [1.82, 2.24) is 0 Å². The van der Waals surface area contributed by atoms with Crippen molar-refractivity contribution in [3.8, 4) is 16.9 Å². The van der Waals surface area contributed by atoms with Crippen LogP contribution in [0, 0.1) is 11.3 Å². The number of hydrogen-bond acceptors (Lipinski definition) is 7. The van der Waals surface area contributed by atoms with Crippen molar-refractivity contribution in [2.24, 2.45) is 0 Å². The van der Waals surface area contributed by atoms with Crippen LogP contribution < -0.4 is 9.26 Å². The maximum atomic E-state index is 9.18. The molecule has 1 aromatic heterocycles. The van der Waals surface area contributed by atoms with Crippen molar-refractivity contribution in [2.75, 3.05) is 19.8 Å². The van der Waals surface area contributed by atoms with Gasteiger partial charge in [0.15, 0.2) is 15.7 Å². The molecule has 118 valence electrons. The highest BCUT2D eigenvalue weighted by Gasteiger charge is 2.24. The molecular weight excluding hydrogens is 329 g/mol. The van der Waals surface area contributed by atoms with Gasteiger partial charge in [0, 0.05) is 17.9 Å². The summed E-state index contributed by atoms with van der Waals surface area (Å²) in [7, 11) is 0. The van der Waals surface area contributed by atoms with Crippen molar-refractivity contribution < 1.29 is 18.3 Å². The van der Waals surface area contributed by atoms with E-state index in [-0.39, 0.29) is 0 Å². The smallest absolute Gasteiger partial charge is 0.380 e. The average molecular weight is 349 g/mol. The number of unbranched alkanes of at least 4 members (excludes halogenated alkanes) is 1. The third-order valence-electron chi connectivity index (χ3n) is 2.30. The molecule has 0 bridgehead atoms. The van der Waals surface area contributed by atoms with Crippen LogP contribution in [-0.4, -0.2) is 19.8 Å². The molecule has 0 saturated carbocycles. The van der Waals surface area contributed by atoms with E-state index in [2.05, 4.69) is 13.0 Å². The van der Waals surface area contributed by atoms with Gasteiger partial charge in [-0.25, -0.2) is 0 Å². The topological polar surface area (TPSA) is 60.7 Å². The fourth-order valence-electron chi connectivity index (χ4n) is 1.41. The maximum Gasteiger partial charge on any atom is 0.380 e. The lowest BCUT2D eigenvalue weighted by Crippen LogP contribution is -2.02. The Morgan fingerprint density at radius 2 is 1.95 bits per heavy atom. The van der Waals surface area contributed by atoms with Crippen LogP contribution >= 0.6 is 18.1 Å². The van der Waals surface area contributed by atoms with Crippen LogP contribution in [0.5, 0.6) is 10.8 Å². The Balaban J connectivity index is 2.85. The Kier molecular flexibility index (Phi) is 8.23. The number of nitriles is 1. The van der Waals surface area contributed by atoms with Crippen LogP contribution in [-0.2, 0) is 20.9 Å². The summed E-state index contributed by atoms with van der Waals surface area (Å²) in [5, 5.41) is 9.82. The van der Waals surface area contributed by atoms with Gasteiger partial charge in [0.2, 0.25) is 0 Å². The standard InChI is InChI=1S/C13H20NO4PS2/c1-4-7-8-15-13-9-11(12(10-14)21-13)18-19(20,16-5-2)17-6-3/h9H,4-8H2,1-3H3. The largest absolute Gasteiger partial charge is 0.484 e. The second-order valence-electron chi connectivity index (χ2n) is 3.95. The van der Waals surface area contributed by atoms with Crippen molar-refractivity contribution in [3.63, 3.8) is 0 Å². The van der Waals surface area contributed by atoms with E-state index in [9.17, 15) is 5.26 Å². The van der Waals surface area contributed by atoms with Crippen molar-refractivity contribution >= 4 is 29.9 Å². The first-order chi connectivity index (χ1) is 10.1. The summed E-state index contributed by atoms with van der Waals surface area (Å²) in [5.41, 5.74) is 0. The summed E-state index contributed by atoms with van der Waals surface area (Å²) < 4.78 is 22.1. The first kappa shape index (κ1) is 18.4. The number of hydrogen-bond donors (Lipinski definition) is 0. The van der Waals surface area contributed by atoms with Gasteiger partial charge in [0.1, 0.15) is 6.07 Å². The molecular formula is C13H20NO4PS2. The third kappa shape index (κ3) is 5.93. The minimum absolute atomic E-state index is 0.374. The van der Waals surface area contributed by atoms with Gasteiger partial charge >= 0.3 is 6.72 Å². The fourth-order valence-corrected chi connectivity index (χ4v) is 4.30. The lowest BCUT2D eigenvalue weighted by Gasteiger charge is -2.20. The highest BCUT2D eigenvalue weighted by atomic mass is 32.5. The van der Waals surface area contributed by atoms with Crippen molar-refractivity contribution in [2.45, 2.75) is 33.6 Å². The van der Waals surface area contributed by atoms with E-state index in [1.54, 1.807) is 6.07 Å². The zero-order valence-corrected chi connectivity index (χ0v) is 15.0. The quantitative estimate of drug-likeness (QED) is 0.459. The van der Waals surface area contributed by atoms with Gasteiger partial charge in [-0.1, -0.05) is 24.7 Å². The fraction of sp³-hybridized carbons (Fsp3) is 0.615. The molecule has 0 atom stereocenters. The second kappa shape index (κ2) is 9.39. The molecule has 0 saturated heterocycles. The van der Waals surface area contributed by atoms with Gasteiger partial charge in [0.25, 0.3) is 0 Å². The molecule has 0 N–H and O–H groups in total. The molecule has 0 aromatic carbocycles. The molecule has 21 heavy (non-hydrogen) atoms. The highest BCUT2D eigenvalue weighted by Crippen LogP contribution is 2.52. The predicted molar refractivity (Wildman–Crippen MR) is 87.6 cm³/mol. The van der Waals surface area contributed by atoms with Gasteiger partial charge in [-0.05, 0) is 20.3 Å². The number of thiophene rings is 1. The second-order valence-corrected chi connectivity index (χ2v) is 7.90. The molecule has 0 amide bonds. The van der Waals surface area contributed by atoms with Gasteiger partial charge in [-0.2, -0.15) is 5.26 Å². The Morgan fingerprint density at radius 3 is 2.48 bits per heavy atom. The van der Waals surface area contributed by atoms with Crippen LogP contribution in [0.3, 0.4) is 0 Å². The van der Waals surface area contributed by atoms with Crippen molar-refractivity contribution in [1.29, 1.82) is 5.26 Å². The van der Waals surface area contributed by atoms with E-state index in [1.807, 2.05) is 13.8 Å². The first-order valence-corrected chi connectivity index (χ1v) is 10.2. The molecule has 8 heteroatoms. The van der Waals surface area contributed by atoms with Gasteiger partial charge in [-0.15, -0.1) is 0 Å². The number of ether oxygens (including phenoxy) is 1. The zero-order chi connectivity index (χ0) is 15.7. The lowest BCUT2D eigenvalue weighted by molar-refractivity contribution is 0.218. The van der Waals surface area contributed by atoms with E-state index in [4.69, 9.17) is 30.1 Å². The Hall–Kier alpha value is -0.640. The predicted octanol–water partition coefficient (Wildman–Crippen LogP) is 4.47. The molecule has 0 fully saturated rings. The van der Waals surface area contributed by atoms with Crippen LogP contribution in [0.15, 0.2) is 6.07 Å². The Bertz CT molecular complexity index is 517. The molecule has 5 nitrogen and oxygen atoms in total. The van der Waals surface area contributed by atoms with Crippen LogP contribution in [0.4, 0.5) is 0 Å². The van der Waals surface area contributed by atoms with Gasteiger partial charge in [0.05, 0.1) is 19.8 Å². The van der Waals surface area contributed by atoms with E-state index >= 15 is 0 Å². The van der Waals surface area contributed by atoms with Crippen LogP contribution in [0.25, 0.3) is 0 Å². The average Bonchev–Trinajstić information content (AvgIpc) is 2.81. The van der Waals surface area contributed by atoms with E-state index < -0.39 is 6.72 Å². The number of nitrogens with zero attached hydrogens (tertiary/aromatic N) is 1. The van der Waals surface area contributed by atoms with Gasteiger partial charge in [-0.3, -0.25) is 9.05 Å². The summed E-state index contributed by atoms with van der Waals surface area (Å²) in [6.45, 7) is 4.27. The molecule has 0 aliphatic carbocycles. The van der Waals surface area contributed by atoms with Crippen LogP contribution in [0.2, 0.25) is 0 Å². The van der Waals surface area contributed by atoms with E-state index in [0.717, 1.165) is 12.8 Å². The first-order valence-electron chi connectivity index (χ1n) is 6.84. The molecule has 0 unspecified atom stereocenters. The molecule has 1 rings (SSSR count). The molecule has 1 heterocycles. The van der Waals surface area contributed by atoms with Crippen molar-refractivity contribution in [3.05, 3.63) is 10.9 Å². The Labute approximate surface area is 135 Å². The maximum absolute atomic E-state index is 9.18. The molecule has 0 spiro atoms. The molecule has 1 aromatic rings. The monoisotopic (exact) mass is 349 g/mol. The molecule has 0 radical (unpaired) electrons. The Morgan fingerprint density at radius 1 is 1.29 bits per heavy atom. The summed E-state index contributed by atoms with van der Waals surface area (Å²) in [6, 6.07) is 3.77. The number of rotatable bonds is 10. The summed E-state index contributed by atoms with van der Waals surface area (Å²) in [6.07, 6.45) is 2.02. The normalized spacial score (nSPS) is 11.1. The van der Waals surface area contributed by atoms with Gasteiger partial charge < -0.3 is 9.26 Å². The summed E-state index contributed by atoms with van der Waals surface area (Å²) in [4.78, 5) is 0.412. The minimum Gasteiger partial charge on any atom is -0.484 e.